The Morgan fingerprint density at radius 3 is 2.93 bits per heavy atom. The first kappa shape index (κ1) is 10.6. The Balaban J connectivity index is 1.72. The van der Waals surface area contributed by atoms with Gasteiger partial charge in [-0.3, -0.25) is 0 Å². The molecule has 0 unspecified atom stereocenters. The average Bonchev–Trinajstić information content (AvgIpc) is 2.81. The van der Waals surface area contributed by atoms with E-state index in [4.69, 9.17) is 0 Å². The van der Waals surface area contributed by atoms with Gasteiger partial charge in [0.1, 0.15) is 6.26 Å². The number of rotatable bonds is 6. The van der Waals surface area contributed by atoms with Crippen molar-refractivity contribution in [2.75, 3.05) is 6.54 Å². The molecule has 84 valence electrons. The van der Waals surface area contributed by atoms with E-state index < -0.39 is 10.2 Å². The molecule has 0 aromatic carbocycles. The van der Waals surface area contributed by atoms with Crippen molar-refractivity contribution in [1.29, 1.82) is 0 Å². The summed E-state index contributed by atoms with van der Waals surface area (Å²) in [4.78, 5) is 0. The van der Waals surface area contributed by atoms with Gasteiger partial charge in [-0.15, -0.1) is 0 Å². The fraction of sp³-hybridized carbons (Fsp3) is 0.625. The Morgan fingerprint density at radius 1 is 1.53 bits per heavy atom. The molecule has 1 aromatic rings. The zero-order chi connectivity index (χ0) is 10.7. The molecule has 6 nitrogen and oxygen atoms in total. The highest BCUT2D eigenvalue weighted by Gasteiger charge is 2.26. The van der Waals surface area contributed by atoms with E-state index in [-0.39, 0.29) is 6.04 Å². The summed E-state index contributed by atoms with van der Waals surface area (Å²) in [5.41, 5.74) is 0.879. The lowest BCUT2D eigenvalue weighted by atomic mass is 10.3. The van der Waals surface area contributed by atoms with Crippen LogP contribution in [0.1, 0.15) is 18.4 Å². The Hall–Kier alpha value is -0.920. The Kier molecular flexibility index (Phi) is 3.03. The van der Waals surface area contributed by atoms with Crippen LogP contribution in [0, 0.1) is 0 Å². The fourth-order valence-electron chi connectivity index (χ4n) is 1.14. The third-order valence-electron chi connectivity index (χ3n) is 2.09. The van der Waals surface area contributed by atoms with E-state index in [1.165, 1.54) is 6.26 Å². The highest BCUT2D eigenvalue weighted by atomic mass is 32.2. The molecule has 1 fully saturated rings. The standard InChI is InChI=1S/C8H13N3O3S/c12-15(13,11-8-1-2-8)10-4-3-7-5-9-14-6-7/h5-6,8,10-11H,1-4H2. The number of hydrogen-bond acceptors (Lipinski definition) is 4. The van der Waals surface area contributed by atoms with Gasteiger partial charge in [0.05, 0.1) is 6.20 Å². The van der Waals surface area contributed by atoms with E-state index in [0.717, 1.165) is 18.4 Å². The van der Waals surface area contributed by atoms with E-state index >= 15 is 0 Å². The van der Waals surface area contributed by atoms with Crippen molar-refractivity contribution in [3.63, 3.8) is 0 Å². The van der Waals surface area contributed by atoms with Gasteiger partial charge in [-0.25, -0.2) is 4.72 Å². The van der Waals surface area contributed by atoms with Gasteiger partial charge in [0.15, 0.2) is 0 Å². The maximum absolute atomic E-state index is 11.3. The first-order chi connectivity index (χ1) is 7.16. The molecule has 1 aromatic heterocycles. The van der Waals surface area contributed by atoms with Gasteiger partial charge in [-0.1, -0.05) is 5.16 Å². The predicted octanol–water partition coefficient (Wildman–Crippen LogP) is -0.197. The van der Waals surface area contributed by atoms with Crippen LogP contribution in [-0.4, -0.2) is 26.2 Å². The second-order valence-electron chi connectivity index (χ2n) is 3.57. The Labute approximate surface area is 88.2 Å². The minimum absolute atomic E-state index is 0.137. The lowest BCUT2D eigenvalue weighted by molar-refractivity contribution is 0.419. The molecule has 0 bridgehead atoms. The molecule has 2 N–H and O–H groups in total. The molecule has 1 aliphatic rings. The molecule has 0 amide bonds. The monoisotopic (exact) mass is 231 g/mol. The summed E-state index contributed by atoms with van der Waals surface area (Å²) >= 11 is 0. The highest BCUT2D eigenvalue weighted by Crippen LogP contribution is 2.19. The van der Waals surface area contributed by atoms with E-state index in [1.807, 2.05) is 0 Å². The lowest BCUT2D eigenvalue weighted by Crippen LogP contribution is -2.38. The van der Waals surface area contributed by atoms with Crippen molar-refractivity contribution in [1.82, 2.24) is 14.6 Å². The number of nitrogens with zero attached hydrogens (tertiary/aromatic N) is 1. The van der Waals surface area contributed by atoms with Gasteiger partial charge in [-0.2, -0.15) is 13.1 Å². The molecule has 1 heterocycles. The van der Waals surface area contributed by atoms with Crippen molar-refractivity contribution in [2.45, 2.75) is 25.3 Å². The molecule has 1 saturated carbocycles. The first-order valence-corrected chi connectivity index (χ1v) is 6.29. The molecule has 0 spiro atoms. The van der Waals surface area contributed by atoms with Crippen LogP contribution in [0.2, 0.25) is 0 Å². The molecule has 0 aliphatic heterocycles. The summed E-state index contributed by atoms with van der Waals surface area (Å²) in [5, 5.41) is 3.53. The van der Waals surface area contributed by atoms with Gasteiger partial charge in [0.25, 0.3) is 10.2 Å². The highest BCUT2D eigenvalue weighted by molar-refractivity contribution is 7.87. The molecule has 0 saturated heterocycles. The van der Waals surface area contributed by atoms with E-state index in [2.05, 4.69) is 19.1 Å². The summed E-state index contributed by atoms with van der Waals surface area (Å²) in [6, 6.07) is 0.137. The topological polar surface area (TPSA) is 84.2 Å². The zero-order valence-electron chi connectivity index (χ0n) is 8.14. The van der Waals surface area contributed by atoms with Crippen LogP contribution in [0.3, 0.4) is 0 Å². The lowest BCUT2D eigenvalue weighted by Gasteiger charge is -2.05. The van der Waals surface area contributed by atoms with Crippen LogP contribution in [0.5, 0.6) is 0 Å². The summed E-state index contributed by atoms with van der Waals surface area (Å²) in [5.74, 6) is 0. The first-order valence-electron chi connectivity index (χ1n) is 4.81. The van der Waals surface area contributed by atoms with Crippen LogP contribution >= 0.6 is 0 Å². The third kappa shape index (κ3) is 3.61. The predicted molar refractivity (Wildman–Crippen MR) is 53.3 cm³/mol. The Bertz CT molecular complexity index is 397. The summed E-state index contributed by atoms with van der Waals surface area (Å²) < 4.78 is 32.3. The second-order valence-corrected chi connectivity index (χ2v) is 5.10. The van der Waals surface area contributed by atoms with E-state index in [9.17, 15) is 8.42 Å². The number of aromatic nitrogens is 1. The van der Waals surface area contributed by atoms with Crippen LogP contribution in [0.15, 0.2) is 17.0 Å². The molecular formula is C8H13N3O3S. The molecule has 0 atom stereocenters. The van der Waals surface area contributed by atoms with Crippen molar-refractivity contribution in [3.8, 4) is 0 Å². The molecule has 7 heteroatoms. The van der Waals surface area contributed by atoms with Crippen molar-refractivity contribution in [2.24, 2.45) is 0 Å². The fourth-order valence-corrected chi connectivity index (χ4v) is 2.27. The van der Waals surface area contributed by atoms with Crippen LogP contribution in [0.4, 0.5) is 0 Å². The molecule has 15 heavy (non-hydrogen) atoms. The molecule has 1 aliphatic carbocycles. The van der Waals surface area contributed by atoms with Gasteiger partial charge in [-0.05, 0) is 19.3 Å². The van der Waals surface area contributed by atoms with Crippen molar-refractivity contribution >= 4 is 10.2 Å². The maximum Gasteiger partial charge on any atom is 0.277 e. The van der Waals surface area contributed by atoms with Gasteiger partial charge < -0.3 is 4.52 Å². The van der Waals surface area contributed by atoms with E-state index in [0.29, 0.717) is 13.0 Å². The van der Waals surface area contributed by atoms with Gasteiger partial charge in [0.2, 0.25) is 0 Å². The van der Waals surface area contributed by atoms with E-state index in [1.54, 1.807) is 6.20 Å². The van der Waals surface area contributed by atoms with Gasteiger partial charge in [0, 0.05) is 18.2 Å². The smallest absolute Gasteiger partial charge is 0.277 e. The third-order valence-corrected chi connectivity index (χ3v) is 3.32. The number of nitrogens with one attached hydrogen (secondary N) is 2. The molecule has 0 radical (unpaired) electrons. The minimum atomic E-state index is -3.32. The molecule has 2 rings (SSSR count). The quantitative estimate of drug-likeness (QED) is 0.710. The normalized spacial score (nSPS) is 16.8. The van der Waals surface area contributed by atoms with Crippen LogP contribution < -0.4 is 9.44 Å². The average molecular weight is 231 g/mol. The SMILES string of the molecule is O=S(=O)(NCCc1cnoc1)NC1CC1. The zero-order valence-corrected chi connectivity index (χ0v) is 8.96. The largest absolute Gasteiger partial charge is 0.364 e. The van der Waals surface area contributed by atoms with Crippen LogP contribution in [-0.2, 0) is 16.6 Å². The van der Waals surface area contributed by atoms with Crippen molar-refractivity contribution in [3.05, 3.63) is 18.0 Å². The maximum atomic E-state index is 11.3. The summed E-state index contributed by atoms with van der Waals surface area (Å²) in [6.07, 6.45) is 5.53. The van der Waals surface area contributed by atoms with Gasteiger partial charge >= 0.3 is 0 Å². The summed E-state index contributed by atoms with van der Waals surface area (Å²) in [7, 11) is -3.32. The summed E-state index contributed by atoms with van der Waals surface area (Å²) in [6.45, 7) is 0.350. The Morgan fingerprint density at radius 2 is 2.33 bits per heavy atom. The second kappa shape index (κ2) is 4.30. The van der Waals surface area contributed by atoms with Crippen LogP contribution in [0.25, 0.3) is 0 Å². The molecular weight excluding hydrogens is 218 g/mol. The minimum Gasteiger partial charge on any atom is -0.364 e. The number of hydrogen-bond donors (Lipinski definition) is 2. The van der Waals surface area contributed by atoms with Crippen molar-refractivity contribution < 1.29 is 12.9 Å².